The van der Waals surface area contributed by atoms with E-state index >= 15 is 0 Å². The molecular formula is C15H19ClN2O2. The van der Waals surface area contributed by atoms with Gasteiger partial charge in [-0.2, -0.15) is 0 Å². The van der Waals surface area contributed by atoms with Gasteiger partial charge in [-0.05, 0) is 12.1 Å². The minimum Gasteiger partial charge on any atom is -0.495 e. The topological polar surface area (TPSA) is 33.7 Å². The molecule has 0 spiro atoms. The van der Waals surface area contributed by atoms with Gasteiger partial charge in [-0.3, -0.25) is 4.90 Å². The van der Waals surface area contributed by atoms with Gasteiger partial charge in [-0.1, -0.05) is 23.4 Å². The zero-order valence-electron chi connectivity index (χ0n) is 11.8. The van der Waals surface area contributed by atoms with E-state index in [1.165, 1.54) is 0 Å². The van der Waals surface area contributed by atoms with Crippen molar-refractivity contribution in [3.63, 3.8) is 0 Å². The first-order chi connectivity index (χ1) is 9.76. The second-order valence-corrected chi connectivity index (χ2v) is 4.87. The number of nitrogens with one attached hydrogen (secondary N) is 1. The molecule has 5 heteroatoms. The summed E-state index contributed by atoms with van der Waals surface area (Å²) in [5.74, 6) is 7.47. The van der Waals surface area contributed by atoms with E-state index in [-0.39, 0.29) is 0 Å². The molecule has 0 radical (unpaired) electrons. The van der Waals surface area contributed by atoms with Crippen LogP contribution in [0.5, 0.6) is 11.5 Å². The Balaban J connectivity index is 2.11. The lowest BCUT2D eigenvalue weighted by molar-refractivity contribution is 0.268. The molecule has 108 valence electrons. The molecule has 4 nitrogen and oxygen atoms in total. The van der Waals surface area contributed by atoms with Gasteiger partial charge in [0.05, 0.1) is 26.3 Å². The molecule has 2 rings (SSSR count). The van der Waals surface area contributed by atoms with Crippen LogP contribution in [0.4, 0.5) is 0 Å². The van der Waals surface area contributed by atoms with Crippen LogP contribution >= 0.6 is 11.6 Å². The minimum atomic E-state index is 0.462. The van der Waals surface area contributed by atoms with Crippen molar-refractivity contribution in [2.24, 2.45) is 0 Å². The van der Waals surface area contributed by atoms with Gasteiger partial charge in [-0.25, -0.2) is 0 Å². The average molecular weight is 295 g/mol. The van der Waals surface area contributed by atoms with Crippen LogP contribution in [0.1, 0.15) is 5.56 Å². The molecule has 1 aromatic carbocycles. The summed E-state index contributed by atoms with van der Waals surface area (Å²) >= 11 is 6.21. The SMILES string of the molecule is COc1ccc(C#CCN2CCNCC2)c(OC)c1Cl. The average Bonchev–Trinajstić information content (AvgIpc) is 2.49. The Labute approximate surface area is 125 Å². The molecule has 1 aliphatic rings. The molecular weight excluding hydrogens is 276 g/mol. The van der Waals surface area contributed by atoms with Crippen molar-refractivity contribution in [3.05, 3.63) is 22.7 Å². The largest absolute Gasteiger partial charge is 0.495 e. The summed E-state index contributed by atoms with van der Waals surface area (Å²) in [5.41, 5.74) is 0.786. The number of halogens is 1. The number of methoxy groups -OCH3 is 2. The van der Waals surface area contributed by atoms with Crippen molar-refractivity contribution < 1.29 is 9.47 Å². The number of piperazine rings is 1. The second-order valence-electron chi connectivity index (χ2n) is 4.49. The molecule has 1 heterocycles. The molecule has 0 atom stereocenters. The maximum absolute atomic E-state index is 6.21. The molecule has 0 bridgehead atoms. The van der Waals surface area contributed by atoms with Gasteiger partial charge in [0.1, 0.15) is 10.8 Å². The van der Waals surface area contributed by atoms with Gasteiger partial charge < -0.3 is 14.8 Å². The molecule has 1 fully saturated rings. The molecule has 0 unspecified atom stereocenters. The molecule has 1 N–H and O–H groups in total. The van der Waals surface area contributed by atoms with E-state index in [0.717, 1.165) is 38.3 Å². The molecule has 1 aromatic rings. The highest BCUT2D eigenvalue weighted by molar-refractivity contribution is 6.33. The molecule has 20 heavy (non-hydrogen) atoms. The lowest BCUT2D eigenvalue weighted by Gasteiger charge is -2.24. The fourth-order valence-electron chi connectivity index (χ4n) is 2.11. The summed E-state index contributed by atoms with van der Waals surface area (Å²) < 4.78 is 10.5. The van der Waals surface area contributed by atoms with Crippen molar-refractivity contribution in [3.8, 4) is 23.3 Å². The summed E-state index contributed by atoms with van der Waals surface area (Å²) in [6, 6.07) is 3.67. The van der Waals surface area contributed by atoms with Crippen LogP contribution in [0.2, 0.25) is 5.02 Å². The second kappa shape index (κ2) is 7.39. The molecule has 0 aromatic heterocycles. The first-order valence-electron chi connectivity index (χ1n) is 6.58. The van der Waals surface area contributed by atoms with Crippen molar-refractivity contribution >= 4 is 11.6 Å². The van der Waals surface area contributed by atoms with Crippen molar-refractivity contribution in [2.45, 2.75) is 0 Å². The summed E-state index contributed by atoms with van der Waals surface area (Å²) in [6.45, 7) is 4.89. The molecule has 1 saturated heterocycles. The quantitative estimate of drug-likeness (QED) is 0.859. The number of nitrogens with zero attached hydrogens (tertiary/aromatic N) is 1. The Kier molecular flexibility index (Phi) is 5.54. The summed E-state index contributed by atoms with van der Waals surface area (Å²) in [4.78, 5) is 2.32. The highest BCUT2D eigenvalue weighted by Crippen LogP contribution is 2.36. The summed E-state index contributed by atoms with van der Waals surface area (Å²) in [6.07, 6.45) is 0. The Bertz CT molecular complexity index is 517. The van der Waals surface area contributed by atoms with Gasteiger partial charge in [0.25, 0.3) is 0 Å². The summed E-state index contributed by atoms with van der Waals surface area (Å²) in [5, 5.41) is 3.78. The smallest absolute Gasteiger partial charge is 0.156 e. The number of hydrogen-bond donors (Lipinski definition) is 1. The third-order valence-corrected chi connectivity index (χ3v) is 3.58. The van der Waals surface area contributed by atoms with E-state index < -0.39 is 0 Å². The van der Waals surface area contributed by atoms with E-state index in [2.05, 4.69) is 22.1 Å². The van der Waals surface area contributed by atoms with Crippen LogP contribution in [-0.4, -0.2) is 51.8 Å². The highest BCUT2D eigenvalue weighted by atomic mass is 35.5. The van der Waals surface area contributed by atoms with E-state index in [4.69, 9.17) is 21.1 Å². The van der Waals surface area contributed by atoms with Crippen LogP contribution in [0.15, 0.2) is 12.1 Å². The Morgan fingerprint density at radius 2 is 2.00 bits per heavy atom. The standard InChI is InChI=1S/C15H19ClN2O2/c1-19-13-6-5-12(15(20-2)14(13)16)4-3-9-18-10-7-17-8-11-18/h5-6,17H,7-11H2,1-2H3. The first-order valence-corrected chi connectivity index (χ1v) is 6.96. The highest BCUT2D eigenvalue weighted by Gasteiger charge is 2.12. The predicted molar refractivity (Wildman–Crippen MR) is 80.7 cm³/mol. The monoisotopic (exact) mass is 294 g/mol. The van der Waals surface area contributed by atoms with Gasteiger partial charge in [0.15, 0.2) is 5.75 Å². The minimum absolute atomic E-state index is 0.462. The Morgan fingerprint density at radius 1 is 1.25 bits per heavy atom. The number of hydrogen-bond acceptors (Lipinski definition) is 4. The fourth-order valence-corrected chi connectivity index (χ4v) is 2.43. The van der Waals surface area contributed by atoms with Crippen LogP contribution in [0.25, 0.3) is 0 Å². The van der Waals surface area contributed by atoms with Crippen LogP contribution in [0, 0.1) is 11.8 Å². The number of benzene rings is 1. The molecule has 0 aliphatic carbocycles. The van der Waals surface area contributed by atoms with E-state index in [0.29, 0.717) is 16.5 Å². The fraction of sp³-hybridized carbons (Fsp3) is 0.467. The van der Waals surface area contributed by atoms with Gasteiger partial charge in [-0.15, -0.1) is 0 Å². The first kappa shape index (κ1) is 15.0. The van der Waals surface area contributed by atoms with Crippen LogP contribution < -0.4 is 14.8 Å². The van der Waals surface area contributed by atoms with E-state index in [9.17, 15) is 0 Å². The molecule has 0 saturated carbocycles. The maximum Gasteiger partial charge on any atom is 0.156 e. The zero-order chi connectivity index (χ0) is 14.4. The third-order valence-electron chi connectivity index (χ3n) is 3.22. The van der Waals surface area contributed by atoms with E-state index in [1.807, 2.05) is 6.07 Å². The maximum atomic E-state index is 6.21. The number of ether oxygens (including phenoxy) is 2. The van der Waals surface area contributed by atoms with Crippen LogP contribution in [-0.2, 0) is 0 Å². The summed E-state index contributed by atoms with van der Waals surface area (Å²) in [7, 11) is 3.17. The number of rotatable bonds is 3. The van der Waals surface area contributed by atoms with Gasteiger partial charge in [0.2, 0.25) is 0 Å². The van der Waals surface area contributed by atoms with Crippen molar-refractivity contribution in [1.82, 2.24) is 10.2 Å². The van der Waals surface area contributed by atoms with Gasteiger partial charge in [0, 0.05) is 26.2 Å². The van der Waals surface area contributed by atoms with E-state index in [1.54, 1.807) is 20.3 Å². The lowest BCUT2D eigenvalue weighted by atomic mass is 10.2. The lowest BCUT2D eigenvalue weighted by Crippen LogP contribution is -2.43. The normalized spacial score (nSPS) is 15.3. The van der Waals surface area contributed by atoms with Crippen molar-refractivity contribution in [1.29, 1.82) is 0 Å². The Morgan fingerprint density at radius 3 is 2.65 bits per heavy atom. The zero-order valence-corrected chi connectivity index (χ0v) is 12.6. The molecule has 0 amide bonds. The van der Waals surface area contributed by atoms with Crippen LogP contribution in [0.3, 0.4) is 0 Å². The van der Waals surface area contributed by atoms with Gasteiger partial charge >= 0.3 is 0 Å². The Hall–Kier alpha value is -1.41. The van der Waals surface area contributed by atoms with Crippen molar-refractivity contribution in [2.75, 3.05) is 46.9 Å². The molecule has 1 aliphatic heterocycles. The third kappa shape index (κ3) is 3.57. The predicted octanol–water partition coefficient (Wildman–Crippen LogP) is 1.61.